The average Bonchev–Trinajstić information content (AvgIpc) is 2.81. The molecule has 5 heteroatoms. The summed E-state index contributed by atoms with van der Waals surface area (Å²) in [5.41, 5.74) is 1.02. The van der Waals surface area contributed by atoms with E-state index in [9.17, 15) is 0 Å². The molecular weight excluding hydrogens is 318 g/mol. The molecule has 1 aliphatic rings. The zero-order valence-electron chi connectivity index (χ0n) is 10.3. The number of benzene rings is 1. The monoisotopic (exact) mass is 333 g/mol. The maximum Gasteiger partial charge on any atom is 0.106 e. The van der Waals surface area contributed by atoms with Gasteiger partial charge in [0.1, 0.15) is 5.60 Å². The van der Waals surface area contributed by atoms with Crippen LogP contribution in [0.1, 0.15) is 12.0 Å². The maximum absolute atomic E-state index is 5.91. The lowest BCUT2D eigenvalue weighted by atomic mass is 10.0. The van der Waals surface area contributed by atoms with Crippen molar-refractivity contribution in [1.82, 2.24) is 5.32 Å². The normalized spacial score (nSPS) is 23.5. The SMILES string of the molecule is COC1(CNCc2ccc(Cl)cc2Br)CCOC1. The van der Waals surface area contributed by atoms with Crippen LogP contribution >= 0.6 is 27.5 Å². The lowest BCUT2D eigenvalue weighted by Gasteiger charge is -2.26. The zero-order chi connectivity index (χ0) is 13.0. The van der Waals surface area contributed by atoms with Crippen LogP contribution in [0.4, 0.5) is 0 Å². The van der Waals surface area contributed by atoms with Gasteiger partial charge in [0, 0.05) is 42.7 Å². The first-order valence-corrected chi connectivity index (χ1v) is 7.10. The molecule has 2 rings (SSSR count). The van der Waals surface area contributed by atoms with E-state index in [4.69, 9.17) is 21.1 Å². The molecule has 100 valence electrons. The van der Waals surface area contributed by atoms with Gasteiger partial charge in [-0.2, -0.15) is 0 Å². The number of halogens is 2. The smallest absolute Gasteiger partial charge is 0.106 e. The van der Waals surface area contributed by atoms with E-state index in [1.807, 2.05) is 18.2 Å². The van der Waals surface area contributed by atoms with Crippen LogP contribution in [-0.4, -0.2) is 32.5 Å². The highest BCUT2D eigenvalue weighted by atomic mass is 79.9. The van der Waals surface area contributed by atoms with Crippen LogP contribution in [0.5, 0.6) is 0 Å². The fourth-order valence-electron chi connectivity index (χ4n) is 2.05. The minimum atomic E-state index is -0.168. The number of nitrogens with one attached hydrogen (secondary N) is 1. The predicted molar refractivity (Wildman–Crippen MR) is 76.0 cm³/mol. The van der Waals surface area contributed by atoms with Gasteiger partial charge in [0.25, 0.3) is 0 Å². The van der Waals surface area contributed by atoms with E-state index in [1.165, 1.54) is 5.56 Å². The van der Waals surface area contributed by atoms with Gasteiger partial charge >= 0.3 is 0 Å². The Labute approximate surface area is 121 Å². The van der Waals surface area contributed by atoms with Crippen LogP contribution in [0.25, 0.3) is 0 Å². The summed E-state index contributed by atoms with van der Waals surface area (Å²) < 4.78 is 12.0. The molecule has 1 aliphatic heterocycles. The summed E-state index contributed by atoms with van der Waals surface area (Å²) >= 11 is 9.42. The molecule has 1 atom stereocenters. The molecular formula is C13H17BrClNO2. The Bertz CT molecular complexity index is 408. The molecule has 0 saturated carbocycles. The largest absolute Gasteiger partial charge is 0.378 e. The Morgan fingerprint density at radius 1 is 1.56 bits per heavy atom. The van der Waals surface area contributed by atoms with E-state index in [0.29, 0.717) is 6.61 Å². The van der Waals surface area contributed by atoms with E-state index >= 15 is 0 Å². The van der Waals surface area contributed by atoms with E-state index in [1.54, 1.807) is 7.11 Å². The fourth-order valence-corrected chi connectivity index (χ4v) is 2.87. The Hall–Kier alpha value is -0.130. The van der Waals surface area contributed by atoms with Crippen molar-refractivity contribution in [2.75, 3.05) is 26.9 Å². The Morgan fingerprint density at radius 2 is 2.39 bits per heavy atom. The van der Waals surface area contributed by atoms with Crippen molar-refractivity contribution in [3.05, 3.63) is 33.3 Å². The summed E-state index contributed by atoms with van der Waals surface area (Å²) in [4.78, 5) is 0. The van der Waals surface area contributed by atoms with Gasteiger partial charge in [0.2, 0.25) is 0 Å². The highest BCUT2D eigenvalue weighted by molar-refractivity contribution is 9.10. The molecule has 1 saturated heterocycles. The van der Waals surface area contributed by atoms with Gasteiger partial charge in [-0.3, -0.25) is 0 Å². The van der Waals surface area contributed by atoms with E-state index in [0.717, 1.165) is 35.6 Å². The molecule has 1 fully saturated rings. The molecule has 0 aromatic heterocycles. The summed E-state index contributed by atoms with van der Waals surface area (Å²) in [6, 6.07) is 5.82. The summed E-state index contributed by atoms with van der Waals surface area (Å²) in [6.07, 6.45) is 0.943. The third-order valence-corrected chi connectivity index (χ3v) is 4.25. The van der Waals surface area contributed by atoms with Crippen LogP contribution in [0, 0.1) is 0 Å². The van der Waals surface area contributed by atoms with E-state index in [2.05, 4.69) is 21.2 Å². The molecule has 0 amide bonds. The van der Waals surface area contributed by atoms with Crippen molar-refractivity contribution in [2.45, 2.75) is 18.6 Å². The third-order valence-electron chi connectivity index (χ3n) is 3.28. The average molecular weight is 335 g/mol. The first-order chi connectivity index (χ1) is 8.65. The Balaban J connectivity index is 1.88. The number of rotatable bonds is 5. The number of ether oxygens (including phenoxy) is 2. The van der Waals surface area contributed by atoms with Crippen LogP contribution in [0.15, 0.2) is 22.7 Å². The second-order valence-electron chi connectivity index (χ2n) is 4.53. The van der Waals surface area contributed by atoms with Crippen LogP contribution < -0.4 is 5.32 Å². The van der Waals surface area contributed by atoms with Crippen molar-refractivity contribution < 1.29 is 9.47 Å². The standard InChI is InChI=1S/C13H17BrClNO2/c1-17-13(4-5-18-9-13)8-16-7-10-2-3-11(15)6-12(10)14/h2-3,6,16H,4-5,7-9H2,1H3. The molecule has 0 aliphatic carbocycles. The topological polar surface area (TPSA) is 30.5 Å². The van der Waals surface area contributed by atoms with Crippen molar-refractivity contribution >= 4 is 27.5 Å². The second-order valence-corrected chi connectivity index (χ2v) is 5.82. The van der Waals surface area contributed by atoms with Gasteiger partial charge < -0.3 is 14.8 Å². The van der Waals surface area contributed by atoms with Gasteiger partial charge in [0.15, 0.2) is 0 Å². The molecule has 1 heterocycles. The lowest BCUT2D eigenvalue weighted by molar-refractivity contribution is -0.0159. The minimum absolute atomic E-state index is 0.168. The molecule has 1 aromatic carbocycles. The van der Waals surface area contributed by atoms with E-state index < -0.39 is 0 Å². The van der Waals surface area contributed by atoms with Crippen molar-refractivity contribution in [3.8, 4) is 0 Å². The first-order valence-electron chi connectivity index (χ1n) is 5.93. The van der Waals surface area contributed by atoms with Crippen LogP contribution in [0.2, 0.25) is 5.02 Å². The van der Waals surface area contributed by atoms with Gasteiger partial charge in [0.05, 0.1) is 6.61 Å². The zero-order valence-corrected chi connectivity index (χ0v) is 12.7. The van der Waals surface area contributed by atoms with Crippen LogP contribution in [-0.2, 0) is 16.0 Å². The van der Waals surface area contributed by atoms with Crippen LogP contribution in [0.3, 0.4) is 0 Å². The van der Waals surface area contributed by atoms with Crippen molar-refractivity contribution in [3.63, 3.8) is 0 Å². The highest BCUT2D eigenvalue weighted by Gasteiger charge is 2.34. The molecule has 0 bridgehead atoms. The van der Waals surface area contributed by atoms with Gasteiger partial charge in [-0.15, -0.1) is 0 Å². The lowest BCUT2D eigenvalue weighted by Crippen LogP contribution is -2.42. The second kappa shape index (κ2) is 6.35. The Kier molecular flexibility index (Phi) is 5.04. The minimum Gasteiger partial charge on any atom is -0.378 e. The highest BCUT2D eigenvalue weighted by Crippen LogP contribution is 2.23. The van der Waals surface area contributed by atoms with E-state index in [-0.39, 0.29) is 5.60 Å². The quantitative estimate of drug-likeness (QED) is 0.898. The molecule has 0 spiro atoms. The van der Waals surface area contributed by atoms with Gasteiger partial charge in [-0.25, -0.2) is 0 Å². The Morgan fingerprint density at radius 3 is 3.00 bits per heavy atom. The van der Waals surface area contributed by atoms with Gasteiger partial charge in [-0.1, -0.05) is 33.6 Å². The molecule has 1 unspecified atom stereocenters. The number of hydrogen-bond donors (Lipinski definition) is 1. The summed E-state index contributed by atoms with van der Waals surface area (Å²) in [5.74, 6) is 0. The first kappa shape index (κ1) is 14.3. The fraction of sp³-hybridized carbons (Fsp3) is 0.538. The number of methoxy groups -OCH3 is 1. The third kappa shape index (κ3) is 3.45. The van der Waals surface area contributed by atoms with Crippen molar-refractivity contribution in [1.29, 1.82) is 0 Å². The summed E-state index contributed by atoms with van der Waals surface area (Å²) in [7, 11) is 1.74. The summed E-state index contributed by atoms with van der Waals surface area (Å²) in [6.45, 7) is 3.01. The molecule has 0 radical (unpaired) electrons. The molecule has 18 heavy (non-hydrogen) atoms. The number of hydrogen-bond acceptors (Lipinski definition) is 3. The van der Waals surface area contributed by atoms with Gasteiger partial charge in [-0.05, 0) is 17.7 Å². The molecule has 1 N–H and O–H groups in total. The van der Waals surface area contributed by atoms with Crippen molar-refractivity contribution in [2.24, 2.45) is 0 Å². The molecule has 3 nitrogen and oxygen atoms in total. The maximum atomic E-state index is 5.91. The molecule has 1 aromatic rings. The summed E-state index contributed by atoms with van der Waals surface area (Å²) in [5, 5.41) is 4.16. The predicted octanol–water partition coefficient (Wildman–Crippen LogP) is 3.00.